The van der Waals surface area contributed by atoms with E-state index in [0.717, 1.165) is 0 Å². The largest absolute Gasteiger partial charge is 0.442 e. The molecule has 1 atom stereocenters. The fourth-order valence-corrected chi connectivity index (χ4v) is 4.37. The molecule has 1 aromatic carbocycles. The number of aromatic nitrogens is 3. The minimum absolute atomic E-state index is 0.0163. The molecule has 2 aromatic rings. The van der Waals surface area contributed by atoms with Gasteiger partial charge in [-0.05, 0) is 30.2 Å². The van der Waals surface area contributed by atoms with Crippen LogP contribution in [0.5, 0.6) is 0 Å². The second kappa shape index (κ2) is 6.76. The molecule has 4 rings (SSSR count). The summed E-state index contributed by atoms with van der Waals surface area (Å²) in [5.74, 6) is -0.556. The van der Waals surface area contributed by atoms with Gasteiger partial charge >= 0.3 is 6.09 Å². The topological polar surface area (TPSA) is 94.4 Å². The van der Waals surface area contributed by atoms with E-state index in [9.17, 15) is 17.6 Å². The molecule has 0 spiro atoms. The van der Waals surface area contributed by atoms with Crippen LogP contribution >= 0.6 is 0 Å². The van der Waals surface area contributed by atoms with Gasteiger partial charge in [0.1, 0.15) is 11.9 Å². The maximum absolute atomic E-state index is 14.6. The zero-order valence-electron chi connectivity index (χ0n) is 14.3. The Kier molecular flexibility index (Phi) is 4.42. The van der Waals surface area contributed by atoms with Crippen molar-refractivity contribution in [2.75, 3.05) is 23.0 Å². The summed E-state index contributed by atoms with van der Waals surface area (Å²) >= 11 is 0. The first-order valence-electron chi connectivity index (χ1n) is 8.43. The van der Waals surface area contributed by atoms with E-state index in [4.69, 9.17) is 4.74 Å². The fraction of sp³-hybridized carbons (Fsp3) is 0.353. The number of rotatable bonds is 4. The first-order valence-corrected chi connectivity index (χ1v) is 10.2. The van der Waals surface area contributed by atoms with Crippen LogP contribution in [0.25, 0.3) is 5.57 Å². The van der Waals surface area contributed by atoms with E-state index in [1.165, 1.54) is 17.2 Å². The van der Waals surface area contributed by atoms with E-state index in [1.807, 2.05) is 0 Å². The van der Waals surface area contributed by atoms with Gasteiger partial charge in [0.25, 0.3) is 0 Å². The number of ether oxygens (including phenoxy) is 1. The van der Waals surface area contributed by atoms with Gasteiger partial charge in [0.2, 0.25) is 0 Å². The van der Waals surface area contributed by atoms with Crippen LogP contribution in [0.15, 0.2) is 36.7 Å². The number of halogens is 1. The lowest BCUT2D eigenvalue weighted by molar-refractivity contribution is 0.129. The summed E-state index contributed by atoms with van der Waals surface area (Å²) in [6.45, 7) is 0.641. The molecule has 0 N–H and O–H groups in total. The van der Waals surface area contributed by atoms with Crippen LogP contribution in [0, 0.1) is 5.82 Å². The van der Waals surface area contributed by atoms with Crippen LogP contribution in [-0.4, -0.2) is 53.7 Å². The molecule has 1 amide bonds. The van der Waals surface area contributed by atoms with E-state index in [-0.39, 0.29) is 24.5 Å². The maximum atomic E-state index is 14.6. The Morgan fingerprint density at radius 2 is 2.19 bits per heavy atom. The molecule has 0 bridgehead atoms. The number of carbonyl (C=O) groups is 1. The SMILES string of the molecule is O=C1O[C@@H](Cn2ccnn2)CN1c1ccc(C2=CCS(=O)(=O)CC2)c(F)c1. The summed E-state index contributed by atoms with van der Waals surface area (Å²) in [5.41, 5.74) is 1.42. The highest BCUT2D eigenvalue weighted by atomic mass is 32.2. The van der Waals surface area contributed by atoms with Crippen molar-refractivity contribution < 1.29 is 22.3 Å². The summed E-state index contributed by atoms with van der Waals surface area (Å²) in [6.07, 6.45) is 4.08. The Labute approximate surface area is 155 Å². The summed E-state index contributed by atoms with van der Waals surface area (Å²) in [5, 5.41) is 7.54. The van der Waals surface area contributed by atoms with Gasteiger partial charge in [-0.15, -0.1) is 5.10 Å². The van der Waals surface area contributed by atoms with Gasteiger partial charge in [-0.2, -0.15) is 0 Å². The van der Waals surface area contributed by atoms with Crippen molar-refractivity contribution >= 4 is 27.2 Å². The summed E-state index contributed by atoms with van der Waals surface area (Å²) < 4.78 is 44.5. The number of amides is 1. The number of anilines is 1. The molecule has 1 saturated heterocycles. The molecule has 27 heavy (non-hydrogen) atoms. The first-order chi connectivity index (χ1) is 12.9. The van der Waals surface area contributed by atoms with Gasteiger partial charge in [0.05, 0.1) is 36.5 Å². The molecule has 8 nitrogen and oxygen atoms in total. The average molecular weight is 392 g/mol. The van der Waals surface area contributed by atoms with Crippen molar-refractivity contribution in [1.29, 1.82) is 0 Å². The van der Waals surface area contributed by atoms with E-state index in [1.54, 1.807) is 29.1 Å². The standard InChI is InChI=1S/C17H17FN4O4S/c18-16-9-13(1-2-15(16)12-3-7-27(24,25)8-4-12)22-11-14(26-17(22)23)10-21-6-5-19-20-21/h1-3,5-6,9,14H,4,7-8,10-11H2/t14-/m0/s1. The smallest absolute Gasteiger partial charge is 0.414 e. The van der Waals surface area contributed by atoms with Crippen LogP contribution < -0.4 is 4.90 Å². The molecule has 0 radical (unpaired) electrons. The van der Waals surface area contributed by atoms with Crippen LogP contribution in [0.4, 0.5) is 14.9 Å². The second-order valence-corrected chi connectivity index (χ2v) is 8.73. The summed E-state index contributed by atoms with van der Waals surface area (Å²) in [4.78, 5) is 13.5. The van der Waals surface area contributed by atoms with Crippen LogP contribution in [0.1, 0.15) is 12.0 Å². The van der Waals surface area contributed by atoms with E-state index >= 15 is 0 Å². The molecule has 0 saturated carbocycles. The molecule has 142 valence electrons. The molecule has 2 aliphatic heterocycles. The summed E-state index contributed by atoms with van der Waals surface area (Å²) in [7, 11) is -3.07. The maximum Gasteiger partial charge on any atom is 0.414 e. The number of cyclic esters (lactones) is 1. The molecule has 2 aliphatic rings. The minimum Gasteiger partial charge on any atom is -0.442 e. The van der Waals surface area contributed by atoms with Crippen molar-refractivity contribution in [2.24, 2.45) is 0 Å². The van der Waals surface area contributed by atoms with Crippen LogP contribution in [-0.2, 0) is 21.1 Å². The Bertz CT molecular complexity index is 1000. The van der Waals surface area contributed by atoms with Gasteiger partial charge in [-0.1, -0.05) is 11.3 Å². The number of sulfone groups is 1. The van der Waals surface area contributed by atoms with Crippen LogP contribution in [0.2, 0.25) is 0 Å². The van der Waals surface area contributed by atoms with Gasteiger partial charge < -0.3 is 4.74 Å². The lowest BCUT2D eigenvalue weighted by Gasteiger charge is -2.17. The molecular weight excluding hydrogens is 375 g/mol. The Hall–Kier alpha value is -2.75. The highest BCUT2D eigenvalue weighted by Crippen LogP contribution is 2.30. The molecule has 10 heteroatoms. The Morgan fingerprint density at radius 3 is 2.85 bits per heavy atom. The quantitative estimate of drug-likeness (QED) is 0.785. The lowest BCUT2D eigenvalue weighted by Crippen LogP contribution is -2.26. The molecule has 0 unspecified atom stereocenters. The third kappa shape index (κ3) is 3.70. The fourth-order valence-electron chi connectivity index (χ4n) is 3.22. The zero-order valence-corrected chi connectivity index (χ0v) is 15.1. The number of benzene rings is 1. The van der Waals surface area contributed by atoms with Gasteiger partial charge in [-0.3, -0.25) is 4.90 Å². The van der Waals surface area contributed by atoms with Gasteiger partial charge in [0, 0.05) is 11.8 Å². The third-order valence-corrected chi connectivity index (χ3v) is 6.11. The number of nitrogens with zero attached hydrogens (tertiary/aromatic N) is 4. The van der Waals surface area contributed by atoms with Crippen LogP contribution in [0.3, 0.4) is 0 Å². The number of allylic oxidation sites excluding steroid dienone is 1. The Balaban J connectivity index is 1.51. The highest BCUT2D eigenvalue weighted by molar-refractivity contribution is 7.91. The molecular formula is C17H17FN4O4S. The average Bonchev–Trinajstić information content (AvgIpc) is 3.25. The molecule has 0 aliphatic carbocycles. The molecule has 3 heterocycles. The van der Waals surface area contributed by atoms with Crippen molar-refractivity contribution in [2.45, 2.75) is 19.1 Å². The second-order valence-electron chi connectivity index (χ2n) is 6.50. The number of hydrogen-bond acceptors (Lipinski definition) is 6. The van der Waals surface area contributed by atoms with E-state index in [0.29, 0.717) is 23.4 Å². The van der Waals surface area contributed by atoms with Gasteiger partial charge in [0.15, 0.2) is 9.84 Å². The van der Waals surface area contributed by atoms with Crippen molar-refractivity contribution in [3.63, 3.8) is 0 Å². The summed E-state index contributed by atoms with van der Waals surface area (Å²) in [6, 6.07) is 4.49. The van der Waals surface area contributed by atoms with E-state index in [2.05, 4.69) is 10.3 Å². The number of hydrogen-bond donors (Lipinski definition) is 0. The predicted octanol–water partition coefficient (Wildman–Crippen LogP) is 1.64. The molecule has 1 aromatic heterocycles. The number of carbonyl (C=O) groups excluding carboxylic acids is 1. The zero-order chi connectivity index (χ0) is 19.0. The van der Waals surface area contributed by atoms with E-state index < -0.39 is 27.9 Å². The molecule has 1 fully saturated rings. The van der Waals surface area contributed by atoms with Gasteiger partial charge in [-0.25, -0.2) is 22.3 Å². The minimum atomic E-state index is -3.07. The Morgan fingerprint density at radius 1 is 1.33 bits per heavy atom. The van der Waals surface area contributed by atoms with Crippen molar-refractivity contribution in [3.05, 3.63) is 48.0 Å². The van der Waals surface area contributed by atoms with Crippen molar-refractivity contribution in [1.82, 2.24) is 15.0 Å². The normalized spacial score (nSPS) is 21.8. The third-order valence-electron chi connectivity index (χ3n) is 4.61. The van der Waals surface area contributed by atoms with Crippen molar-refractivity contribution in [3.8, 4) is 0 Å². The first kappa shape index (κ1) is 17.7. The predicted molar refractivity (Wildman–Crippen MR) is 95.3 cm³/mol. The lowest BCUT2D eigenvalue weighted by atomic mass is 10.0. The highest BCUT2D eigenvalue weighted by Gasteiger charge is 2.33. The monoisotopic (exact) mass is 392 g/mol.